The van der Waals surface area contributed by atoms with Gasteiger partial charge in [-0.1, -0.05) is 53.4 Å². The van der Waals surface area contributed by atoms with Gasteiger partial charge in [-0.15, -0.1) is 0 Å². The highest BCUT2D eigenvalue weighted by Crippen LogP contribution is 2.21. The Hall–Kier alpha value is -0.830. The normalized spacial score (nSPS) is 17.2. The van der Waals surface area contributed by atoms with Crippen LogP contribution in [0.5, 0.6) is 0 Å². The Morgan fingerprint density at radius 1 is 1.04 bits per heavy atom. The highest BCUT2D eigenvalue weighted by atomic mass is 15.3. The minimum atomic E-state index is 0.584. The van der Waals surface area contributed by atoms with Crippen molar-refractivity contribution in [2.75, 3.05) is 19.6 Å². The summed E-state index contributed by atoms with van der Waals surface area (Å²) in [6, 6.07) is 0. The van der Waals surface area contributed by atoms with Gasteiger partial charge >= 0.3 is 0 Å². The summed E-state index contributed by atoms with van der Waals surface area (Å²) in [6.07, 6.45) is 14.0. The van der Waals surface area contributed by atoms with Gasteiger partial charge in [0, 0.05) is 12.7 Å². The van der Waals surface area contributed by atoms with E-state index in [2.05, 4.69) is 48.6 Å². The summed E-state index contributed by atoms with van der Waals surface area (Å²) >= 11 is 0. The summed E-state index contributed by atoms with van der Waals surface area (Å²) in [7, 11) is 0. The maximum atomic E-state index is 4.54. The smallest absolute Gasteiger partial charge is 0.0524 e. The van der Waals surface area contributed by atoms with E-state index >= 15 is 0 Å². The average molecular weight is 334 g/mol. The minimum Gasteiger partial charge on any atom is -0.303 e. The molecule has 1 aliphatic heterocycles. The van der Waals surface area contributed by atoms with Crippen LogP contribution in [-0.4, -0.2) is 34.3 Å². The highest BCUT2D eigenvalue weighted by Gasteiger charge is 2.19. The van der Waals surface area contributed by atoms with Crippen molar-refractivity contribution in [3.05, 3.63) is 18.0 Å². The van der Waals surface area contributed by atoms with Gasteiger partial charge in [-0.05, 0) is 62.2 Å². The lowest BCUT2D eigenvalue weighted by Gasteiger charge is -2.31. The molecule has 0 N–H and O–H groups in total. The van der Waals surface area contributed by atoms with Gasteiger partial charge in [-0.2, -0.15) is 5.10 Å². The van der Waals surface area contributed by atoms with Crippen molar-refractivity contribution >= 4 is 0 Å². The molecule has 0 unspecified atom stereocenters. The summed E-state index contributed by atoms with van der Waals surface area (Å²) in [5, 5.41) is 4.54. The zero-order valence-electron chi connectivity index (χ0n) is 16.5. The van der Waals surface area contributed by atoms with E-state index in [-0.39, 0.29) is 0 Å². The largest absolute Gasteiger partial charge is 0.303 e. The summed E-state index contributed by atoms with van der Waals surface area (Å²) in [5.41, 5.74) is 1.37. The standard InChI is InChI=1S/C21H39N3/c1-18(2)9-7-5-6-8-12-23-13-10-20(11-14-23)16-24-17-21(15-22-24)19(3)4/h15,17-20H,5-14,16H2,1-4H3. The fourth-order valence-electron chi connectivity index (χ4n) is 3.68. The third kappa shape index (κ3) is 6.96. The molecule has 2 heterocycles. The fraction of sp³-hybridized carbons (Fsp3) is 0.857. The van der Waals surface area contributed by atoms with Crippen LogP contribution in [0.2, 0.25) is 0 Å². The molecular weight excluding hydrogens is 294 g/mol. The number of likely N-dealkylation sites (tertiary alicyclic amines) is 1. The number of nitrogens with zero attached hydrogens (tertiary/aromatic N) is 3. The second-order valence-electron chi connectivity index (χ2n) is 8.53. The lowest BCUT2D eigenvalue weighted by molar-refractivity contribution is 0.168. The SMILES string of the molecule is CC(C)CCCCCCN1CCC(Cn2cc(C(C)C)cn2)CC1. The van der Waals surface area contributed by atoms with Crippen LogP contribution in [-0.2, 0) is 6.54 Å². The first-order chi connectivity index (χ1) is 11.5. The zero-order valence-corrected chi connectivity index (χ0v) is 16.5. The summed E-state index contributed by atoms with van der Waals surface area (Å²) < 4.78 is 2.17. The van der Waals surface area contributed by atoms with Crippen molar-refractivity contribution in [1.29, 1.82) is 0 Å². The van der Waals surface area contributed by atoms with Gasteiger partial charge in [0.1, 0.15) is 0 Å². The van der Waals surface area contributed by atoms with Crippen LogP contribution in [0.15, 0.2) is 12.4 Å². The summed E-state index contributed by atoms with van der Waals surface area (Å²) in [5.74, 6) is 2.27. The molecule has 1 fully saturated rings. The van der Waals surface area contributed by atoms with Crippen LogP contribution in [0.25, 0.3) is 0 Å². The molecule has 1 aliphatic rings. The Labute approximate surface area is 149 Å². The van der Waals surface area contributed by atoms with E-state index in [0.717, 1.165) is 18.4 Å². The van der Waals surface area contributed by atoms with Crippen LogP contribution < -0.4 is 0 Å². The number of unbranched alkanes of at least 4 members (excludes halogenated alkanes) is 3. The Morgan fingerprint density at radius 2 is 1.75 bits per heavy atom. The van der Waals surface area contributed by atoms with Crippen LogP contribution >= 0.6 is 0 Å². The molecular formula is C21H39N3. The fourth-order valence-corrected chi connectivity index (χ4v) is 3.68. The Balaban J connectivity index is 1.56. The van der Waals surface area contributed by atoms with Crippen LogP contribution in [0.4, 0.5) is 0 Å². The lowest BCUT2D eigenvalue weighted by atomic mass is 9.96. The molecule has 1 aromatic rings. The minimum absolute atomic E-state index is 0.584. The van der Waals surface area contributed by atoms with Gasteiger partial charge < -0.3 is 4.90 Å². The van der Waals surface area contributed by atoms with E-state index in [0.29, 0.717) is 5.92 Å². The Bertz CT molecular complexity index is 442. The van der Waals surface area contributed by atoms with Crippen molar-refractivity contribution in [2.24, 2.45) is 11.8 Å². The average Bonchev–Trinajstić information content (AvgIpc) is 3.01. The first-order valence-electron chi connectivity index (χ1n) is 10.3. The molecule has 0 radical (unpaired) electrons. The molecule has 2 rings (SSSR count). The maximum Gasteiger partial charge on any atom is 0.0524 e. The molecule has 3 heteroatoms. The van der Waals surface area contributed by atoms with Gasteiger partial charge in [-0.3, -0.25) is 4.68 Å². The van der Waals surface area contributed by atoms with Gasteiger partial charge in [0.2, 0.25) is 0 Å². The van der Waals surface area contributed by atoms with E-state index in [4.69, 9.17) is 0 Å². The molecule has 0 aromatic carbocycles. The van der Waals surface area contributed by atoms with E-state index in [1.807, 2.05) is 6.20 Å². The third-order valence-electron chi connectivity index (χ3n) is 5.48. The third-order valence-corrected chi connectivity index (χ3v) is 5.48. The molecule has 3 nitrogen and oxygen atoms in total. The number of hydrogen-bond acceptors (Lipinski definition) is 2. The highest BCUT2D eigenvalue weighted by molar-refractivity contribution is 5.08. The summed E-state index contributed by atoms with van der Waals surface area (Å²) in [6.45, 7) is 14.1. The van der Waals surface area contributed by atoms with Crippen molar-refractivity contribution in [2.45, 2.75) is 85.1 Å². The molecule has 0 bridgehead atoms. The van der Waals surface area contributed by atoms with Crippen LogP contribution in [0.3, 0.4) is 0 Å². The number of hydrogen-bond donors (Lipinski definition) is 0. The zero-order chi connectivity index (χ0) is 17.4. The Kier molecular flexibility index (Phi) is 8.31. The Morgan fingerprint density at radius 3 is 2.38 bits per heavy atom. The molecule has 24 heavy (non-hydrogen) atoms. The van der Waals surface area contributed by atoms with Crippen LogP contribution in [0.1, 0.15) is 84.1 Å². The van der Waals surface area contributed by atoms with Gasteiger partial charge in [0.05, 0.1) is 6.20 Å². The van der Waals surface area contributed by atoms with Gasteiger partial charge in [0.15, 0.2) is 0 Å². The van der Waals surface area contributed by atoms with E-state index in [9.17, 15) is 0 Å². The van der Waals surface area contributed by atoms with Gasteiger partial charge in [-0.25, -0.2) is 0 Å². The van der Waals surface area contributed by atoms with Crippen molar-refractivity contribution in [3.63, 3.8) is 0 Å². The molecule has 0 aliphatic carbocycles. The second kappa shape index (κ2) is 10.2. The lowest BCUT2D eigenvalue weighted by Crippen LogP contribution is -2.35. The quantitative estimate of drug-likeness (QED) is 0.540. The number of rotatable bonds is 10. The molecule has 0 atom stereocenters. The van der Waals surface area contributed by atoms with E-state index in [1.165, 1.54) is 70.1 Å². The van der Waals surface area contributed by atoms with Crippen molar-refractivity contribution in [3.8, 4) is 0 Å². The second-order valence-corrected chi connectivity index (χ2v) is 8.53. The molecule has 0 saturated carbocycles. The summed E-state index contributed by atoms with van der Waals surface area (Å²) in [4.78, 5) is 2.68. The maximum absolute atomic E-state index is 4.54. The topological polar surface area (TPSA) is 21.1 Å². The monoisotopic (exact) mass is 333 g/mol. The van der Waals surface area contributed by atoms with Crippen LogP contribution in [0, 0.1) is 11.8 Å². The molecule has 1 aromatic heterocycles. The first kappa shape index (κ1) is 19.5. The van der Waals surface area contributed by atoms with Crippen molar-refractivity contribution < 1.29 is 0 Å². The molecule has 0 spiro atoms. The van der Waals surface area contributed by atoms with E-state index in [1.54, 1.807) is 0 Å². The van der Waals surface area contributed by atoms with Crippen molar-refractivity contribution in [1.82, 2.24) is 14.7 Å². The predicted molar refractivity (Wildman–Crippen MR) is 103 cm³/mol. The van der Waals surface area contributed by atoms with Gasteiger partial charge in [0.25, 0.3) is 0 Å². The predicted octanol–water partition coefficient (Wildman–Crippen LogP) is 5.33. The first-order valence-corrected chi connectivity index (χ1v) is 10.3. The van der Waals surface area contributed by atoms with E-state index < -0.39 is 0 Å². The molecule has 1 saturated heterocycles. The molecule has 0 amide bonds. The number of aromatic nitrogens is 2. The number of piperidine rings is 1. The molecule has 138 valence electrons.